The van der Waals surface area contributed by atoms with Crippen molar-refractivity contribution < 1.29 is 9.90 Å². The first-order valence-corrected chi connectivity index (χ1v) is 6.93. The number of hydrogen-bond acceptors (Lipinski definition) is 3. The minimum absolute atomic E-state index is 0.0293. The predicted octanol–water partition coefficient (Wildman–Crippen LogP) is 2.54. The molecule has 0 fully saturated rings. The Morgan fingerprint density at radius 1 is 1.47 bits per heavy atom. The number of rotatable bonds is 7. The number of phenols is 1. The van der Waals surface area contributed by atoms with Crippen LogP contribution in [0.4, 0.5) is 0 Å². The van der Waals surface area contributed by atoms with Crippen molar-refractivity contribution in [2.45, 2.75) is 26.2 Å². The number of phenolic OH excluding ortho intramolecular Hbond substituents is 1. The summed E-state index contributed by atoms with van der Waals surface area (Å²) in [5.74, 6) is 0.149. The van der Waals surface area contributed by atoms with Crippen molar-refractivity contribution in [1.82, 2.24) is 5.32 Å². The number of halogens is 1. The van der Waals surface area contributed by atoms with Crippen molar-refractivity contribution in [2.24, 2.45) is 11.7 Å². The minimum atomic E-state index is -0.265. The van der Waals surface area contributed by atoms with Gasteiger partial charge in [0.2, 0.25) is 0 Å². The van der Waals surface area contributed by atoms with Crippen LogP contribution in [0.15, 0.2) is 18.2 Å². The molecule has 1 aromatic carbocycles. The van der Waals surface area contributed by atoms with E-state index in [-0.39, 0.29) is 11.7 Å². The highest BCUT2D eigenvalue weighted by atomic mass is 35.5. The van der Waals surface area contributed by atoms with Gasteiger partial charge in [-0.2, -0.15) is 0 Å². The molecule has 1 amide bonds. The highest BCUT2D eigenvalue weighted by Gasteiger charge is 2.13. The summed E-state index contributed by atoms with van der Waals surface area (Å²) < 4.78 is 0. The maximum Gasteiger partial charge on any atom is 0.252 e. The second-order valence-corrected chi connectivity index (χ2v) is 5.01. The van der Waals surface area contributed by atoms with Crippen molar-refractivity contribution in [3.8, 4) is 5.75 Å². The first kappa shape index (κ1) is 15.8. The van der Waals surface area contributed by atoms with Crippen LogP contribution >= 0.6 is 11.6 Å². The SMILES string of the molecule is CCCC(CCN)CNC(=O)c1cc(O)ccc1Cl. The van der Waals surface area contributed by atoms with Crippen LogP contribution in [0.5, 0.6) is 5.75 Å². The largest absolute Gasteiger partial charge is 0.508 e. The van der Waals surface area contributed by atoms with Crippen molar-refractivity contribution >= 4 is 17.5 Å². The predicted molar refractivity (Wildman–Crippen MR) is 77.5 cm³/mol. The summed E-state index contributed by atoms with van der Waals surface area (Å²) in [4.78, 5) is 12.0. The molecule has 0 aromatic heterocycles. The van der Waals surface area contributed by atoms with E-state index in [0.29, 0.717) is 29.6 Å². The summed E-state index contributed by atoms with van der Waals surface area (Å²) in [7, 11) is 0. The van der Waals surface area contributed by atoms with Crippen molar-refractivity contribution in [2.75, 3.05) is 13.1 Å². The average molecular weight is 285 g/mol. The number of carbonyl (C=O) groups excluding carboxylic acids is 1. The number of carbonyl (C=O) groups is 1. The molecule has 0 saturated carbocycles. The third kappa shape index (κ3) is 5.09. The van der Waals surface area contributed by atoms with Crippen molar-refractivity contribution in [3.63, 3.8) is 0 Å². The molecule has 0 bridgehead atoms. The van der Waals surface area contributed by atoms with Gasteiger partial charge in [0.15, 0.2) is 0 Å². The van der Waals surface area contributed by atoms with E-state index in [9.17, 15) is 9.90 Å². The van der Waals surface area contributed by atoms with Gasteiger partial charge >= 0.3 is 0 Å². The van der Waals surface area contributed by atoms with Crippen LogP contribution in [0.25, 0.3) is 0 Å². The molecule has 1 atom stereocenters. The molecule has 106 valence electrons. The first-order valence-electron chi connectivity index (χ1n) is 6.55. The lowest BCUT2D eigenvalue weighted by Gasteiger charge is -2.16. The Balaban J connectivity index is 2.61. The number of nitrogens with one attached hydrogen (secondary N) is 1. The molecule has 19 heavy (non-hydrogen) atoms. The van der Waals surface area contributed by atoms with Gasteiger partial charge in [0.1, 0.15) is 5.75 Å². The van der Waals surface area contributed by atoms with Gasteiger partial charge in [-0.25, -0.2) is 0 Å². The van der Waals surface area contributed by atoms with E-state index < -0.39 is 0 Å². The van der Waals surface area contributed by atoms with E-state index >= 15 is 0 Å². The minimum Gasteiger partial charge on any atom is -0.508 e. The molecule has 0 aliphatic heterocycles. The molecule has 0 heterocycles. The maximum atomic E-state index is 12.0. The molecule has 1 aromatic rings. The summed E-state index contributed by atoms with van der Waals surface area (Å²) in [6, 6.07) is 4.33. The molecular formula is C14H21ClN2O2. The number of aromatic hydroxyl groups is 1. The number of hydrogen-bond donors (Lipinski definition) is 3. The average Bonchev–Trinajstić information content (AvgIpc) is 2.39. The zero-order valence-electron chi connectivity index (χ0n) is 11.2. The van der Waals surface area contributed by atoms with Crippen molar-refractivity contribution in [1.29, 1.82) is 0 Å². The number of benzene rings is 1. The summed E-state index contributed by atoms with van der Waals surface area (Å²) in [6.45, 7) is 3.31. The lowest BCUT2D eigenvalue weighted by atomic mass is 10.00. The van der Waals surface area contributed by atoms with Crippen LogP contribution in [0.3, 0.4) is 0 Å². The van der Waals surface area contributed by atoms with E-state index in [4.69, 9.17) is 17.3 Å². The molecule has 4 nitrogen and oxygen atoms in total. The third-order valence-corrected chi connectivity index (χ3v) is 3.35. The summed E-state index contributed by atoms with van der Waals surface area (Å²) >= 11 is 5.94. The molecule has 0 radical (unpaired) electrons. The fraction of sp³-hybridized carbons (Fsp3) is 0.500. The van der Waals surface area contributed by atoms with Crippen LogP contribution in [0.1, 0.15) is 36.5 Å². The Bertz CT molecular complexity index is 418. The van der Waals surface area contributed by atoms with Crippen LogP contribution < -0.4 is 11.1 Å². The van der Waals surface area contributed by atoms with Gasteiger partial charge in [-0.05, 0) is 43.5 Å². The number of amides is 1. The molecule has 1 unspecified atom stereocenters. The Morgan fingerprint density at radius 3 is 2.84 bits per heavy atom. The van der Waals surface area contributed by atoms with Gasteiger partial charge < -0.3 is 16.2 Å². The van der Waals surface area contributed by atoms with Crippen LogP contribution in [-0.2, 0) is 0 Å². The Labute approximate surface area is 118 Å². The fourth-order valence-electron chi connectivity index (χ4n) is 2.01. The van der Waals surface area contributed by atoms with Gasteiger partial charge in [0, 0.05) is 6.54 Å². The number of nitrogens with two attached hydrogens (primary N) is 1. The monoisotopic (exact) mass is 284 g/mol. The van der Waals surface area contributed by atoms with Crippen LogP contribution in [0, 0.1) is 5.92 Å². The molecule has 1 rings (SSSR count). The fourth-order valence-corrected chi connectivity index (χ4v) is 2.22. The molecule has 0 spiro atoms. The Kier molecular flexibility index (Phi) is 6.67. The topological polar surface area (TPSA) is 75.3 Å². The molecule has 0 aliphatic rings. The molecule has 4 N–H and O–H groups in total. The van der Waals surface area contributed by atoms with Gasteiger partial charge in [0.25, 0.3) is 5.91 Å². The highest BCUT2D eigenvalue weighted by Crippen LogP contribution is 2.21. The van der Waals surface area contributed by atoms with Gasteiger partial charge in [0.05, 0.1) is 10.6 Å². The van der Waals surface area contributed by atoms with Crippen LogP contribution in [-0.4, -0.2) is 24.1 Å². The van der Waals surface area contributed by atoms with Gasteiger partial charge in [-0.15, -0.1) is 0 Å². The van der Waals surface area contributed by atoms with E-state index in [1.165, 1.54) is 18.2 Å². The molecule has 5 heteroatoms. The van der Waals surface area contributed by atoms with E-state index in [0.717, 1.165) is 19.3 Å². The quantitative estimate of drug-likeness (QED) is 0.720. The smallest absolute Gasteiger partial charge is 0.252 e. The van der Waals surface area contributed by atoms with Gasteiger partial charge in [-0.1, -0.05) is 24.9 Å². The second-order valence-electron chi connectivity index (χ2n) is 4.61. The summed E-state index contributed by atoms with van der Waals surface area (Å²) in [5, 5.41) is 12.6. The first-order chi connectivity index (χ1) is 9.08. The second kappa shape index (κ2) is 8.02. The standard InChI is InChI=1S/C14H21ClN2O2/c1-2-3-10(6-7-16)9-17-14(19)12-8-11(18)4-5-13(12)15/h4-5,8,10,18H,2-3,6-7,9,16H2,1H3,(H,17,19). The normalized spacial score (nSPS) is 12.2. The summed E-state index contributed by atoms with van der Waals surface area (Å²) in [5.41, 5.74) is 5.85. The van der Waals surface area contributed by atoms with E-state index in [2.05, 4.69) is 12.2 Å². The zero-order valence-corrected chi connectivity index (χ0v) is 11.9. The Hall–Kier alpha value is -1.26. The van der Waals surface area contributed by atoms with Gasteiger partial charge in [-0.3, -0.25) is 4.79 Å². The van der Waals surface area contributed by atoms with E-state index in [1.807, 2.05) is 0 Å². The Morgan fingerprint density at radius 2 is 2.21 bits per heavy atom. The zero-order chi connectivity index (χ0) is 14.3. The molecule has 0 saturated heterocycles. The third-order valence-electron chi connectivity index (χ3n) is 3.02. The van der Waals surface area contributed by atoms with Crippen molar-refractivity contribution in [3.05, 3.63) is 28.8 Å². The summed E-state index contributed by atoms with van der Waals surface area (Å²) in [6.07, 6.45) is 2.99. The van der Waals surface area contributed by atoms with E-state index in [1.54, 1.807) is 0 Å². The lowest BCUT2D eigenvalue weighted by molar-refractivity contribution is 0.0945. The van der Waals surface area contributed by atoms with Crippen LogP contribution in [0.2, 0.25) is 5.02 Å². The lowest BCUT2D eigenvalue weighted by Crippen LogP contribution is -2.30. The highest BCUT2D eigenvalue weighted by molar-refractivity contribution is 6.33. The molecule has 0 aliphatic carbocycles. The molecular weight excluding hydrogens is 264 g/mol. The maximum absolute atomic E-state index is 12.0.